The standard InChI is InChI=1S/C22H21BrN2O4/c1-3-29-21-18(23)12-16(13-19(21)28-2)22(27)24-17-9-7-15(8-10-17)14-25-11-5-4-6-20(25)26/h4-13H,3,14H2,1-2H3,(H,24,27). The summed E-state index contributed by atoms with van der Waals surface area (Å²) >= 11 is 3.43. The molecule has 3 aromatic rings. The van der Waals surface area contributed by atoms with Crippen molar-refractivity contribution in [3.05, 3.63) is 86.7 Å². The third-order valence-corrected chi connectivity index (χ3v) is 4.83. The molecular formula is C22H21BrN2O4. The fourth-order valence-corrected chi connectivity index (χ4v) is 3.38. The fraction of sp³-hybridized carbons (Fsp3) is 0.182. The number of hydrogen-bond donors (Lipinski definition) is 1. The highest BCUT2D eigenvalue weighted by Crippen LogP contribution is 2.36. The summed E-state index contributed by atoms with van der Waals surface area (Å²) in [5, 5.41) is 2.87. The molecule has 7 heteroatoms. The Morgan fingerprint density at radius 1 is 1.14 bits per heavy atom. The number of hydrogen-bond acceptors (Lipinski definition) is 4. The van der Waals surface area contributed by atoms with Crippen LogP contribution >= 0.6 is 15.9 Å². The molecular weight excluding hydrogens is 436 g/mol. The zero-order valence-corrected chi connectivity index (χ0v) is 17.7. The largest absolute Gasteiger partial charge is 0.493 e. The van der Waals surface area contributed by atoms with E-state index in [0.717, 1.165) is 5.56 Å². The van der Waals surface area contributed by atoms with E-state index in [9.17, 15) is 9.59 Å². The van der Waals surface area contributed by atoms with Gasteiger partial charge in [0, 0.05) is 23.5 Å². The van der Waals surface area contributed by atoms with E-state index in [1.54, 1.807) is 29.0 Å². The molecule has 0 aliphatic rings. The Kier molecular flexibility index (Phi) is 6.72. The topological polar surface area (TPSA) is 69.6 Å². The number of pyridine rings is 1. The average Bonchev–Trinajstić information content (AvgIpc) is 2.72. The summed E-state index contributed by atoms with van der Waals surface area (Å²) in [7, 11) is 1.53. The van der Waals surface area contributed by atoms with Crippen LogP contribution in [-0.2, 0) is 6.54 Å². The van der Waals surface area contributed by atoms with Crippen molar-refractivity contribution in [3.8, 4) is 11.5 Å². The Hall–Kier alpha value is -3.06. The van der Waals surface area contributed by atoms with Crippen LogP contribution in [0.3, 0.4) is 0 Å². The number of carbonyl (C=O) groups is 1. The number of aromatic nitrogens is 1. The van der Waals surface area contributed by atoms with Crippen molar-refractivity contribution in [1.82, 2.24) is 4.57 Å². The van der Waals surface area contributed by atoms with Gasteiger partial charge in [0.1, 0.15) is 0 Å². The molecule has 1 amide bonds. The molecule has 0 fully saturated rings. The summed E-state index contributed by atoms with van der Waals surface area (Å²) in [6.45, 7) is 2.84. The number of methoxy groups -OCH3 is 1. The minimum absolute atomic E-state index is 0.0556. The summed E-state index contributed by atoms with van der Waals surface area (Å²) < 4.78 is 13.2. The van der Waals surface area contributed by atoms with Gasteiger partial charge in [-0.2, -0.15) is 0 Å². The summed E-state index contributed by atoms with van der Waals surface area (Å²) in [6.07, 6.45) is 1.75. The number of carbonyl (C=O) groups excluding carboxylic acids is 1. The molecule has 0 radical (unpaired) electrons. The first-order chi connectivity index (χ1) is 14.0. The molecule has 1 N–H and O–H groups in total. The molecule has 3 rings (SSSR count). The molecule has 2 aromatic carbocycles. The Labute approximate surface area is 177 Å². The predicted molar refractivity (Wildman–Crippen MR) is 116 cm³/mol. The van der Waals surface area contributed by atoms with Gasteiger partial charge in [-0.15, -0.1) is 0 Å². The first kappa shape index (κ1) is 20.7. The van der Waals surface area contributed by atoms with Crippen molar-refractivity contribution >= 4 is 27.5 Å². The van der Waals surface area contributed by atoms with Crippen molar-refractivity contribution in [2.75, 3.05) is 19.0 Å². The van der Waals surface area contributed by atoms with E-state index in [1.165, 1.54) is 13.2 Å². The molecule has 0 saturated heterocycles. The van der Waals surface area contributed by atoms with E-state index < -0.39 is 0 Å². The molecule has 1 heterocycles. The van der Waals surface area contributed by atoms with Crippen LogP contribution in [0.5, 0.6) is 11.5 Å². The van der Waals surface area contributed by atoms with E-state index in [0.29, 0.717) is 40.4 Å². The van der Waals surface area contributed by atoms with Crippen molar-refractivity contribution in [1.29, 1.82) is 0 Å². The van der Waals surface area contributed by atoms with Gasteiger partial charge in [-0.05, 0) is 58.7 Å². The van der Waals surface area contributed by atoms with E-state index >= 15 is 0 Å². The van der Waals surface area contributed by atoms with Crippen LogP contribution in [0, 0.1) is 0 Å². The highest BCUT2D eigenvalue weighted by Gasteiger charge is 2.15. The van der Waals surface area contributed by atoms with Crippen LogP contribution < -0.4 is 20.3 Å². The molecule has 0 spiro atoms. The average molecular weight is 457 g/mol. The van der Waals surface area contributed by atoms with E-state index in [4.69, 9.17) is 9.47 Å². The minimum Gasteiger partial charge on any atom is -0.493 e. The maximum Gasteiger partial charge on any atom is 0.255 e. The third-order valence-electron chi connectivity index (χ3n) is 4.24. The van der Waals surface area contributed by atoms with E-state index in [-0.39, 0.29) is 11.5 Å². The first-order valence-electron chi connectivity index (χ1n) is 9.08. The molecule has 0 saturated carbocycles. The van der Waals surface area contributed by atoms with Gasteiger partial charge in [0.15, 0.2) is 11.5 Å². The molecule has 0 aliphatic heterocycles. The normalized spacial score (nSPS) is 10.4. The number of nitrogens with zero attached hydrogens (tertiary/aromatic N) is 1. The molecule has 0 aliphatic carbocycles. The maximum atomic E-state index is 12.7. The van der Waals surface area contributed by atoms with Crippen molar-refractivity contribution in [2.24, 2.45) is 0 Å². The summed E-state index contributed by atoms with van der Waals surface area (Å²) in [5.74, 6) is 0.779. The quantitative estimate of drug-likeness (QED) is 0.574. The van der Waals surface area contributed by atoms with Gasteiger partial charge >= 0.3 is 0 Å². The first-order valence-corrected chi connectivity index (χ1v) is 9.87. The van der Waals surface area contributed by atoms with Gasteiger partial charge in [0.25, 0.3) is 11.5 Å². The predicted octanol–water partition coefficient (Wildman–Crippen LogP) is 4.32. The minimum atomic E-state index is -0.265. The number of benzene rings is 2. The van der Waals surface area contributed by atoms with Crippen LogP contribution in [0.2, 0.25) is 0 Å². The van der Waals surface area contributed by atoms with Gasteiger partial charge in [-0.1, -0.05) is 18.2 Å². The molecule has 6 nitrogen and oxygen atoms in total. The van der Waals surface area contributed by atoms with E-state index in [1.807, 2.05) is 37.3 Å². The SMILES string of the molecule is CCOc1c(Br)cc(C(=O)Nc2ccc(Cn3ccccc3=O)cc2)cc1OC. The lowest BCUT2D eigenvalue weighted by molar-refractivity contribution is 0.102. The van der Waals surface area contributed by atoms with E-state index in [2.05, 4.69) is 21.2 Å². The second-order valence-corrected chi connectivity index (χ2v) is 7.09. The van der Waals surface area contributed by atoms with Crippen LogP contribution in [0.15, 0.2) is 70.1 Å². The van der Waals surface area contributed by atoms with Gasteiger partial charge in [-0.25, -0.2) is 0 Å². The second kappa shape index (κ2) is 9.43. The van der Waals surface area contributed by atoms with Crippen LogP contribution in [-0.4, -0.2) is 24.2 Å². The molecule has 150 valence electrons. The van der Waals surface area contributed by atoms with Gasteiger partial charge < -0.3 is 19.4 Å². The molecule has 1 aromatic heterocycles. The molecule has 29 heavy (non-hydrogen) atoms. The van der Waals surface area contributed by atoms with Gasteiger partial charge in [0.05, 0.1) is 24.7 Å². The second-order valence-electron chi connectivity index (χ2n) is 6.24. The number of halogens is 1. The lowest BCUT2D eigenvalue weighted by Crippen LogP contribution is -2.18. The lowest BCUT2D eigenvalue weighted by Gasteiger charge is -2.13. The summed E-state index contributed by atoms with van der Waals surface area (Å²) in [4.78, 5) is 24.5. The van der Waals surface area contributed by atoms with Crippen LogP contribution in [0.1, 0.15) is 22.8 Å². The van der Waals surface area contributed by atoms with Gasteiger partial charge in [0.2, 0.25) is 0 Å². The van der Waals surface area contributed by atoms with Crippen LogP contribution in [0.4, 0.5) is 5.69 Å². The van der Waals surface area contributed by atoms with Crippen molar-refractivity contribution < 1.29 is 14.3 Å². The highest BCUT2D eigenvalue weighted by molar-refractivity contribution is 9.10. The Morgan fingerprint density at radius 2 is 1.90 bits per heavy atom. The molecule has 0 unspecified atom stereocenters. The fourth-order valence-electron chi connectivity index (χ4n) is 2.82. The summed E-state index contributed by atoms with van der Waals surface area (Å²) in [5.41, 5.74) is 2.00. The highest BCUT2D eigenvalue weighted by atomic mass is 79.9. The number of ether oxygens (including phenoxy) is 2. The number of rotatable bonds is 7. The monoisotopic (exact) mass is 456 g/mol. The smallest absolute Gasteiger partial charge is 0.255 e. The van der Waals surface area contributed by atoms with Crippen molar-refractivity contribution in [3.63, 3.8) is 0 Å². The third kappa shape index (κ3) is 5.06. The van der Waals surface area contributed by atoms with Crippen molar-refractivity contribution in [2.45, 2.75) is 13.5 Å². The Morgan fingerprint density at radius 3 is 2.55 bits per heavy atom. The Balaban J connectivity index is 1.73. The lowest BCUT2D eigenvalue weighted by atomic mass is 10.1. The van der Waals surface area contributed by atoms with Crippen LogP contribution in [0.25, 0.3) is 0 Å². The number of anilines is 1. The maximum absolute atomic E-state index is 12.7. The van der Waals surface area contributed by atoms with Gasteiger partial charge in [-0.3, -0.25) is 9.59 Å². The zero-order valence-electron chi connectivity index (χ0n) is 16.1. The summed E-state index contributed by atoms with van der Waals surface area (Å²) in [6, 6.07) is 15.8. The zero-order chi connectivity index (χ0) is 20.8. The molecule has 0 bridgehead atoms. The number of amides is 1. The number of nitrogens with one attached hydrogen (secondary N) is 1. The molecule has 0 atom stereocenters. The Bertz CT molecular complexity index is 1060.